The molecule has 0 unspecified atom stereocenters. The molecule has 0 saturated carbocycles. The van der Waals surface area contributed by atoms with Gasteiger partial charge in [0, 0.05) is 107 Å². The van der Waals surface area contributed by atoms with Crippen molar-refractivity contribution in [1.29, 1.82) is 0 Å². The summed E-state index contributed by atoms with van der Waals surface area (Å²) in [5.74, 6) is 4.31. The number of hydrogen-bond donors (Lipinski definition) is 0. The van der Waals surface area contributed by atoms with Gasteiger partial charge in [-0.3, -0.25) is 0 Å². The molecule has 0 amide bonds. The Morgan fingerprint density at radius 2 is 0.483 bits per heavy atom. The van der Waals surface area contributed by atoms with Gasteiger partial charge in [-0.1, -0.05) is 423 Å². The lowest BCUT2D eigenvalue weighted by Gasteiger charge is -2.21. The van der Waals surface area contributed by atoms with Gasteiger partial charge >= 0.3 is 0 Å². The first-order valence-electron chi connectivity index (χ1n) is 51.3. The average Bonchev–Trinajstić information content (AvgIpc) is 1.57. The quantitative estimate of drug-likeness (QED) is 0.149. The molecular weight excluding hydrogens is 1880 g/mol. The van der Waals surface area contributed by atoms with Crippen molar-refractivity contribution in [3.63, 3.8) is 0 Å². The highest BCUT2D eigenvalue weighted by Crippen LogP contribution is 2.54. The fourth-order valence-electron chi connectivity index (χ4n) is 20.6. The second-order valence-corrected chi connectivity index (χ2v) is 48.6. The smallest absolute Gasteiger partial charge is 0.180 e. The third kappa shape index (κ3) is 18.0. The molecule has 0 radical (unpaired) electrons. The first-order valence-corrected chi connectivity index (χ1v) is 53.8. The van der Waals surface area contributed by atoms with Crippen LogP contribution < -0.4 is 0 Å². The van der Waals surface area contributed by atoms with Gasteiger partial charge in [0.25, 0.3) is 0 Å². The number of para-hydroxylation sites is 2. The van der Waals surface area contributed by atoms with E-state index in [-0.39, 0.29) is 37.9 Å². The molecule has 732 valence electrons. The van der Waals surface area contributed by atoms with Gasteiger partial charge in [0.1, 0.15) is 62.7 Å². The maximum Gasteiger partial charge on any atom is 0.180 e. The highest BCUT2D eigenvalue weighted by Gasteiger charge is 2.39. The van der Waals surface area contributed by atoms with Crippen LogP contribution in [-0.2, 0) is 37.9 Å². The van der Waals surface area contributed by atoms with Crippen molar-refractivity contribution >= 4 is 150 Å². The fourth-order valence-corrected chi connectivity index (χ4v) is 24.1. The molecule has 15 aromatic carbocycles. The molecule has 0 fully saturated rings. The van der Waals surface area contributed by atoms with Crippen LogP contribution in [-0.4, -0.2) is 49.8 Å². The van der Waals surface area contributed by atoms with Gasteiger partial charge in [0.05, 0.1) is 47.7 Å². The molecule has 15 heteroatoms. The van der Waals surface area contributed by atoms with E-state index in [4.69, 9.17) is 58.7 Å². The number of thiophene rings is 3. The molecule has 0 spiro atoms. The molecule has 149 heavy (non-hydrogen) atoms. The summed E-state index contributed by atoms with van der Waals surface area (Å²) < 4.78 is 19.8. The molecular formula is C134H116N10O2S3. The Morgan fingerprint density at radius 1 is 0.201 bits per heavy atom. The van der Waals surface area contributed by atoms with Crippen molar-refractivity contribution in [2.45, 2.75) is 169 Å². The standard InChI is InChI=1S/C29H26N2O.C29H26N2S.2C26H22N2S.C24H20N2O/c2*1-28(2,3)27-30-24(26-25(31-27)19-11-7-9-13-23(19)32-26)17-14-15-22-20(16-17)18-10-6-8-12-21(18)29(22,4)5;1-26(2,3)25-27-22(24-23(28-25)20-14-7-8-15-21(20)29-24)19-13-9-12-18(16-19)17-10-5-4-6-11-17;1-26(2,3)25-27-22(24-23(28-25)20-11-7-8-12-21(20)29-24)19-15-13-18(14-16-19)17-9-5-4-6-10-17;1-24(2,3)23-25-20(17-13-12-15-8-4-5-9-16(15)14-17)22-21(26-23)18-10-6-7-11-19(18)27-22/h2*6-16H,1-5H3;2*4-16H,1-3H3;4-14H,1-3H3. The Kier molecular flexibility index (Phi) is 24.2. The summed E-state index contributed by atoms with van der Waals surface area (Å²) in [6, 6.07) is 126. The van der Waals surface area contributed by atoms with E-state index >= 15 is 0 Å². The van der Waals surface area contributed by atoms with E-state index in [1.807, 2.05) is 48.5 Å². The first kappa shape index (κ1) is 96.7. The largest absolute Gasteiger partial charge is 0.452 e. The number of fused-ring (bicyclic) bond motifs is 22. The van der Waals surface area contributed by atoms with Crippen LogP contribution >= 0.6 is 34.0 Å². The van der Waals surface area contributed by atoms with E-state index in [2.05, 4.69) is 441 Å². The van der Waals surface area contributed by atoms with Crippen molar-refractivity contribution in [2.24, 2.45) is 0 Å². The van der Waals surface area contributed by atoms with Gasteiger partial charge < -0.3 is 8.83 Å². The molecule has 10 heterocycles. The monoisotopic (exact) mass is 1990 g/mol. The number of hydrogen-bond acceptors (Lipinski definition) is 15. The van der Waals surface area contributed by atoms with Crippen LogP contribution in [0.4, 0.5) is 0 Å². The van der Waals surface area contributed by atoms with Gasteiger partial charge in [-0.15, -0.1) is 34.0 Å². The van der Waals surface area contributed by atoms with Gasteiger partial charge in [-0.05, 0) is 144 Å². The molecule has 0 saturated heterocycles. The number of rotatable bonds is 7. The van der Waals surface area contributed by atoms with Gasteiger partial charge in [-0.25, -0.2) is 49.8 Å². The number of aromatic nitrogens is 10. The van der Waals surface area contributed by atoms with Crippen molar-refractivity contribution in [3.8, 4) is 101 Å². The molecule has 12 nitrogen and oxygen atoms in total. The summed E-state index contributed by atoms with van der Waals surface area (Å²) in [7, 11) is 0. The topological polar surface area (TPSA) is 155 Å². The van der Waals surface area contributed by atoms with Crippen LogP contribution in [0.25, 0.3) is 217 Å². The third-order valence-corrected chi connectivity index (χ3v) is 32.2. The maximum absolute atomic E-state index is 6.31. The molecule has 25 aromatic rings. The highest BCUT2D eigenvalue weighted by molar-refractivity contribution is 7.27. The number of nitrogens with zero attached hydrogens (tertiary/aromatic N) is 10. The number of furan rings is 2. The van der Waals surface area contributed by atoms with E-state index in [0.717, 1.165) is 150 Å². The van der Waals surface area contributed by atoms with E-state index in [1.165, 1.54) is 118 Å². The first-order chi connectivity index (χ1) is 71.5. The molecule has 0 aliphatic heterocycles. The lowest BCUT2D eigenvalue weighted by Crippen LogP contribution is -2.16. The molecule has 2 aliphatic rings. The van der Waals surface area contributed by atoms with Crippen LogP contribution in [0.2, 0.25) is 0 Å². The fraction of sp³-hybridized carbons (Fsp3) is 0.194. The van der Waals surface area contributed by atoms with E-state index < -0.39 is 0 Å². The van der Waals surface area contributed by atoms with Crippen molar-refractivity contribution in [3.05, 3.63) is 409 Å². The zero-order valence-electron chi connectivity index (χ0n) is 87.6. The molecule has 10 aromatic heterocycles. The van der Waals surface area contributed by atoms with Crippen LogP contribution in [0.3, 0.4) is 0 Å². The van der Waals surface area contributed by atoms with Crippen molar-refractivity contribution in [2.75, 3.05) is 0 Å². The van der Waals surface area contributed by atoms with Crippen LogP contribution in [0.15, 0.2) is 367 Å². The van der Waals surface area contributed by atoms with Crippen molar-refractivity contribution in [1.82, 2.24) is 49.8 Å². The van der Waals surface area contributed by atoms with Crippen LogP contribution in [0.5, 0.6) is 0 Å². The van der Waals surface area contributed by atoms with E-state index in [1.54, 1.807) is 34.0 Å². The SMILES string of the molecule is CC(C)(C)c1nc(-c2ccc(-c3ccccc3)cc2)c2sc3ccccc3c2n1.CC(C)(C)c1nc(-c2ccc3c(c2)-c2ccccc2C3(C)C)c2oc3ccccc3c2n1.CC(C)(C)c1nc(-c2ccc3c(c2)-c2ccccc2C3(C)C)c2sc3ccccc3c2n1.CC(C)(C)c1nc(-c2ccc3ccccc3c2)c2oc3ccccc3c2n1.CC(C)(C)c1nc(-c2cccc(-c3ccccc3)c2)c2sc3ccccc3c2n1. The Labute approximate surface area is 881 Å². The second kappa shape index (κ2) is 37.3. The average molecular weight is 1990 g/mol. The zero-order valence-corrected chi connectivity index (χ0v) is 90.0. The van der Waals surface area contributed by atoms with Gasteiger partial charge in [0.2, 0.25) is 0 Å². The normalized spacial score (nSPS) is 13.2. The van der Waals surface area contributed by atoms with Crippen molar-refractivity contribution < 1.29 is 8.83 Å². The van der Waals surface area contributed by atoms with Crippen LogP contribution in [0, 0.1) is 0 Å². The van der Waals surface area contributed by atoms with Gasteiger partial charge in [0.15, 0.2) is 11.2 Å². The summed E-state index contributed by atoms with van der Waals surface area (Å²) >= 11 is 5.35. The molecule has 0 bridgehead atoms. The summed E-state index contributed by atoms with van der Waals surface area (Å²) in [5, 5.41) is 8.10. The Hall–Kier alpha value is -15.8. The number of benzene rings is 15. The zero-order chi connectivity index (χ0) is 103. The Balaban J connectivity index is 0.000000102. The van der Waals surface area contributed by atoms with E-state index in [9.17, 15) is 0 Å². The lowest BCUT2D eigenvalue weighted by molar-refractivity contribution is 0.547. The minimum absolute atomic E-state index is 0.0125. The molecule has 2 aliphatic carbocycles. The predicted octanol–water partition coefficient (Wildman–Crippen LogP) is 37.2. The second-order valence-electron chi connectivity index (χ2n) is 45.4. The van der Waals surface area contributed by atoms with E-state index in [0.29, 0.717) is 0 Å². The third-order valence-electron chi connectivity index (χ3n) is 28.7. The Morgan fingerprint density at radius 3 is 0.906 bits per heavy atom. The minimum atomic E-state index is -0.174. The summed E-state index contributed by atoms with van der Waals surface area (Å²) in [5.41, 5.74) is 33.5. The molecule has 0 atom stereocenters. The van der Waals surface area contributed by atoms with Gasteiger partial charge in [-0.2, -0.15) is 0 Å². The maximum atomic E-state index is 6.31. The Bertz CT molecular complexity index is 9330. The summed E-state index contributed by atoms with van der Waals surface area (Å²) in [6.07, 6.45) is 0. The summed E-state index contributed by atoms with van der Waals surface area (Å²) in [6.45, 7) is 41.7. The highest BCUT2D eigenvalue weighted by atomic mass is 32.1. The predicted molar refractivity (Wildman–Crippen MR) is 628 cm³/mol. The molecule has 0 N–H and O–H groups in total. The minimum Gasteiger partial charge on any atom is -0.452 e. The molecule has 27 rings (SSSR count). The lowest BCUT2D eigenvalue weighted by atomic mass is 9.82. The van der Waals surface area contributed by atoms with Crippen LogP contribution in [0.1, 0.15) is 183 Å². The summed E-state index contributed by atoms with van der Waals surface area (Å²) in [4.78, 5) is 50.1.